The van der Waals surface area contributed by atoms with Crippen LogP contribution in [0.15, 0.2) is 42.9 Å². The molecular formula is C15H20ClN5O2. The number of nitrogens with one attached hydrogen (secondary N) is 2. The van der Waals surface area contributed by atoms with E-state index in [1.165, 1.54) is 6.33 Å². The van der Waals surface area contributed by atoms with Gasteiger partial charge in [-0.05, 0) is 5.56 Å². The fourth-order valence-electron chi connectivity index (χ4n) is 2.08. The number of nitrogens with two attached hydrogens (primary N) is 2. The van der Waals surface area contributed by atoms with Gasteiger partial charge in [-0.3, -0.25) is 9.59 Å². The highest BCUT2D eigenvalue weighted by Gasteiger charge is 2.22. The molecule has 23 heavy (non-hydrogen) atoms. The largest absolute Gasteiger partial charge is 0.368 e. The van der Waals surface area contributed by atoms with Crippen molar-refractivity contribution < 1.29 is 9.59 Å². The summed E-state index contributed by atoms with van der Waals surface area (Å²) in [6, 6.07) is 7.76. The number of carbonyl (C=O) groups excluding carboxylic acids is 2. The third kappa shape index (κ3) is 5.72. The Hall–Kier alpha value is -2.38. The lowest BCUT2D eigenvalue weighted by Crippen LogP contribution is -2.51. The minimum Gasteiger partial charge on any atom is -0.368 e. The summed E-state index contributed by atoms with van der Waals surface area (Å²) in [5.74, 6) is -1.01. The highest BCUT2D eigenvalue weighted by molar-refractivity contribution is 5.89. The molecule has 0 saturated heterocycles. The Balaban J connectivity index is 0.00000264. The number of primary amides is 1. The summed E-state index contributed by atoms with van der Waals surface area (Å²) >= 11 is 0. The van der Waals surface area contributed by atoms with Gasteiger partial charge in [0.05, 0.1) is 12.4 Å². The van der Waals surface area contributed by atoms with Crippen molar-refractivity contribution in [2.45, 2.75) is 24.9 Å². The molecule has 6 N–H and O–H groups in total. The quantitative estimate of drug-likeness (QED) is 0.563. The zero-order chi connectivity index (χ0) is 15.9. The minimum absolute atomic E-state index is 0. The van der Waals surface area contributed by atoms with Gasteiger partial charge in [-0.25, -0.2) is 4.98 Å². The second-order valence-corrected chi connectivity index (χ2v) is 5.04. The van der Waals surface area contributed by atoms with Gasteiger partial charge in [0.15, 0.2) is 0 Å². The first-order valence-electron chi connectivity index (χ1n) is 6.92. The fraction of sp³-hybridized carbons (Fsp3) is 0.267. The third-order valence-corrected chi connectivity index (χ3v) is 3.27. The van der Waals surface area contributed by atoms with Crippen LogP contribution in [0.4, 0.5) is 0 Å². The summed E-state index contributed by atoms with van der Waals surface area (Å²) in [5, 5.41) is 2.60. The van der Waals surface area contributed by atoms with Gasteiger partial charge in [-0.15, -0.1) is 12.4 Å². The highest BCUT2D eigenvalue weighted by Crippen LogP contribution is 2.04. The molecule has 0 aliphatic heterocycles. The maximum atomic E-state index is 12.1. The maximum Gasteiger partial charge on any atom is 0.240 e. The molecule has 0 fully saturated rings. The van der Waals surface area contributed by atoms with Crippen LogP contribution < -0.4 is 16.8 Å². The van der Waals surface area contributed by atoms with Crippen molar-refractivity contribution in [3.63, 3.8) is 0 Å². The van der Waals surface area contributed by atoms with Crippen molar-refractivity contribution in [3.05, 3.63) is 54.1 Å². The number of hydrogen-bond acceptors (Lipinski definition) is 4. The van der Waals surface area contributed by atoms with Crippen LogP contribution in [-0.4, -0.2) is 33.9 Å². The number of amides is 2. The van der Waals surface area contributed by atoms with Gasteiger partial charge >= 0.3 is 0 Å². The van der Waals surface area contributed by atoms with E-state index in [0.29, 0.717) is 12.8 Å². The Morgan fingerprint density at radius 2 is 1.91 bits per heavy atom. The van der Waals surface area contributed by atoms with Gasteiger partial charge in [0, 0.05) is 24.7 Å². The van der Waals surface area contributed by atoms with Gasteiger partial charge in [0.2, 0.25) is 11.8 Å². The molecule has 8 heteroatoms. The first kappa shape index (κ1) is 18.7. The third-order valence-electron chi connectivity index (χ3n) is 3.27. The molecule has 0 saturated carbocycles. The molecule has 1 aromatic heterocycles. The monoisotopic (exact) mass is 337 g/mol. The topological polar surface area (TPSA) is 127 Å². The molecule has 0 radical (unpaired) electrons. The SMILES string of the molecule is Cl.NC(=O)C(Cc1ccccc1)NC(=O)C(N)Cc1cnc[nH]1. The Labute approximate surface area is 140 Å². The van der Waals surface area contributed by atoms with Crippen molar-refractivity contribution in [1.82, 2.24) is 15.3 Å². The number of imidazole rings is 1. The van der Waals surface area contributed by atoms with E-state index in [2.05, 4.69) is 15.3 Å². The van der Waals surface area contributed by atoms with Crippen LogP contribution in [0.1, 0.15) is 11.3 Å². The molecule has 2 aromatic rings. The van der Waals surface area contributed by atoms with Crippen molar-refractivity contribution in [2.75, 3.05) is 0 Å². The summed E-state index contributed by atoms with van der Waals surface area (Å²) in [4.78, 5) is 30.4. The number of H-pyrrole nitrogens is 1. The van der Waals surface area contributed by atoms with E-state index in [4.69, 9.17) is 11.5 Å². The lowest BCUT2D eigenvalue weighted by Gasteiger charge is -2.18. The Bertz CT molecular complexity index is 618. The first-order valence-corrected chi connectivity index (χ1v) is 6.92. The molecular weight excluding hydrogens is 318 g/mol. The fourth-order valence-corrected chi connectivity index (χ4v) is 2.08. The average Bonchev–Trinajstić information content (AvgIpc) is 3.00. The predicted molar refractivity (Wildman–Crippen MR) is 88.8 cm³/mol. The number of rotatable bonds is 7. The molecule has 1 aromatic carbocycles. The summed E-state index contributed by atoms with van der Waals surface area (Å²) in [7, 11) is 0. The van der Waals surface area contributed by atoms with Crippen LogP contribution in [0.5, 0.6) is 0 Å². The molecule has 0 aliphatic carbocycles. The van der Waals surface area contributed by atoms with E-state index >= 15 is 0 Å². The van der Waals surface area contributed by atoms with Crippen molar-refractivity contribution in [1.29, 1.82) is 0 Å². The first-order chi connectivity index (χ1) is 10.6. The molecule has 7 nitrogen and oxygen atoms in total. The van der Waals surface area contributed by atoms with E-state index in [1.807, 2.05) is 30.3 Å². The predicted octanol–water partition coefficient (Wildman–Crippen LogP) is -0.0859. The molecule has 124 valence electrons. The average molecular weight is 338 g/mol. The Morgan fingerprint density at radius 1 is 1.22 bits per heavy atom. The van der Waals surface area contributed by atoms with Crippen molar-refractivity contribution in [3.8, 4) is 0 Å². The van der Waals surface area contributed by atoms with Gasteiger partial charge in [0.25, 0.3) is 0 Å². The lowest BCUT2D eigenvalue weighted by atomic mass is 10.0. The van der Waals surface area contributed by atoms with Crippen LogP contribution in [0.2, 0.25) is 0 Å². The van der Waals surface area contributed by atoms with Crippen LogP contribution in [0.25, 0.3) is 0 Å². The van der Waals surface area contributed by atoms with E-state index in [-0.39, 0.29) is 12.4 Å². The number of benzene rings is 1. The number of carbonyl (C=O) groups is 2. The summed E-state index contributed by atoms with van der Waals surface area (Å²) < 4.78 is 0. The maximum absolute atomic E-state index is 12.1. The van der Waals surface area contributed by atoms with E-state index < -0.39 is 23.9 Å². The van der Waals surface area contributed by atoms with Gasteiger partial charge < -0.3 is 21.8 Å². The normalized spacial score (nSPS) is 12.7. The number of hydrogen-bond donors (Lipinski definition) is 4. The van der Waals surface area contributed by atoms with Gasteiger partial charge in [0.1, 0.15) is 6.04 Å². The number of aromatic nitrogens is 2. The molecule has 0 spiro atoms. The number of halogens is 1. The van der Waals surface area contributed by atoms with Gasteiger partial charge in [-0.1, -0.05) is 30.3 Å². The number of nitrogens with zero attached hydrogens (tertiary/aromatic N) is 1. The minimum atomic E-state index is -0.789. The zero-order valence-electron chi connectivity index (χ0n) is 12.4. The molecule has 2 atom stereocenters. The second-order valence-electron chi connectivity index (χ2n) is 5.04. The van der Waals surface area contributed by atoms with Crippen molar-refractivity contribution in [2.24, 2.45) is 11.5 Å². The van der Waals surface area contributed by atoms with Crippen LogP contribution in [0, 0.1) is 0 Å². The number of aromatic amines is 1. The van der Waals surface area contributed by atoms with E-state index in [9.17, 15) is 9.59 Å². The van der Waals surface area contributed by atoms with E-state index in [1.54, 1.807) is 6.20 Å². The molecule has 0 aliphatic rings. The van der Waals surface area contributed by atoms with Crippen molar-refractivity contribution >= 4 is 24.2 Å². The highest BCUT2D eigenvalue weighted by atomic mass is 35.5. The van der Waals surface area contributed by atoms with Gasteiger partial charge in [-0.2, -0.15) is 0 Å². The Kier molecular flexibility index (Phi) is 7.24. The van der Waals surface area contributed by atoms with Crippen LogP contribution >= 0.6 is 12.4 Å². The molecule has 2 amide bonds. The smallest absolute Gasteiger partial charge is 0.240 e. The van der Waals surface area contributed by atoms with Crippen LogP contribution in [0.3, 0.4) is 0 Å². The summed E-state index contributed by atoms with van der Waals surface area (Å²) in [6.07, 6.45) is 3.76. The molecule has 0 bridgehead atoms. The second kappa shape index (κ2) is 8.92. The molecule has 2 unspecified atom stereocenters. The van der Waals surface area contributed by atoms with E-state index in [0.717, 1.165) is 11.3 Å². The van der Waals surface area contributed by atoms with Crippen LogP contribution in [-0.2, 0) is 22.4 Å². The summed E-state index contributed by atoms with van der Waals surface area (Å²) in [6.45, 7) is 0. The standard InChI is InChI=1S/C15H19N5O2.ClH/c16-12(7-11-8-18-9-19-11)15(22)20-13(14(17)21)6-10-4-2-1-3-5-10;/h1-5,8-9,12-13H,6-7,16H2,(H2,17,21)(H,18,19)(H,20,22);1H. The molecule has 1 heterocycles. The Morgan fingerprint density at radius 3 is 2.48 bits per heavy atom. The zero-order valence-corrected chi connectivity index (χ0v) is 13.3. The molecule has 2 rings (SSSR count). The summed E-state index contributed by atoms with van der Waals surface area (Å²) in [5.41, 5.74) is 12.9. The lowest BCUT2D eigenvalue weighted by molar-refractivity contribution is -0.128.